The summed E-state index contributed by atoms with van der Waals surface area (Å²) in [6.07, 6.45) is 0.507. The molecule has 0 aliphatic carbocycles. The molecular formula is C24H23N3O7. The molecule has 2 aromatic rings. The first-order chi connectivity index (χ1) is 16.3. The molecule has 10 nitrogen and oxygen atoms in total. The lowest BCUT2D eigenvalue weighted by atomic mass is 10.0. The normalized spacial score (nSPS) is 18.2. The van der Waals surface area contributed by atoms with Crippen molar-refractivity contribution >= 4 is 29.6 Å². The van der Waals surface area contributed by atoms with E-state index in [1.54, 1.807) is 42.5 Å². The van der Waals surface area contributed by atoms with Crippen LogP contribution in [-0.4, -0.2) is 58.3 Å². The topological polar surface area (TPSA) is 142 Å². The monoisotopic (exact) mass is 465 g/mol. The summed E-state index contributed by atoms with van der Waals surface area (Å²) in [7, 11) is 0. The van der Waals surface area contributed by atoms with Gasteiger partial charge in [-0.2, -0.15) is 0 Å². The molecule has 2 aliphatic heterocycles. The van der Waals surface area contributed by atoms with E-state index in [1.807, 2.05) is 6.07 Å². The van der Waals surface area contributed by atoms with E-state index in [1.165, 1.54) is 4.90 Å². The van der Waals surface area contributed by atoms with Crippen molar-refractivity contribution in [1.82, 2.24) is 15.5 Å². The van der Waals surface area contributed by atoms with Crippen LogP contribution in [0.3, 0.4) is 0 Å². The molecule has 10 heteroatoms. The van der Waals surface area contributed by atoms with Gasteiger partial charge in [-0.25, -0.2) is 4.79 Å². The van der Waals surface area contributed by atoms with Crippen LogP contribution >= 0.6 is 0 Å². The van der Waals surface area contributed by atoms with Crippen LogP contribution in [0, 0.1) is 0 Å². The van der Waals surface area contributed by atoms with Crippen LogP contribution in [0.15, 0.2) is 48.5 Å². The smallest absolute Gasteiger partial charge is 0.326 e. The van der Waals surface area contributed by atoms with Gasteiger partial charge in [0.15, 0.2) is 6.61 Å². The average Bonchev–Trinajstić information content (AvgIpc) is 3.15. The molecule has 2 aromatic carbocycles. The zero-order valence-corrected chi connectivity index (χ0v) is 18.2. The Morgan fingerprint density at radius 3 is 2.59 bits per heavy atom. The Kier molecular flexibility index (Phi) is 6.58. The standard InChI is InChI=1S/C24H23N3O7/c28-20-10-9-18(22(30)26-20)27-12-16-15(23(27)31)7-4-8-19(16)34-13-21(29)25-17(24(32)33)11-14-5-2-1-3-6-14/h1-8,17-18H,9-13H2,(H,25,29)(H,32,33)(H,26,28,30)/t17-,18?/m1/s1. The Balaban J connectivity index is 1.40. The van der Waals surface area contributed by atoms with Gasteiger partial charge in [-0.15, -0.1) is 0 Å². The lowest BCUT2D eigenvalue weighted by Gasteiger charge is -2.29. The number of imide groups is 1. The number of hydrogen-bond acceptors (Lipinski definition) is 6. The Labute approximate surface area is 194 Å². The molecule has 34 heavy (non-hydrogen) atoms. The summed E-state index contributed by atoms with van der Waals surface area (Å²) in [6, 6.07) is 11.9. The van der Waals surface area contributed by atoms with E-state index < -0.39 is 36.5 Å². The van der Waals surface area contributed by atoms with Crippen molar-refractivity contribution in [2.24, 2.45) is 0 Å². The second kappa shape index (κ2) is 9.74. The van der Waals surface area contributed by atoms with Gasteiger partial charge < -0.3 is 20.1 Å². The fraction of sp³-hybridized carbons (Fsp3) is 0.292. The van der Waals surface area contributed by atoms with E-state index in [2.05, 4.69) is 10.6 Å². The summed E-state index contributed by atoms with van der Waals surface area (Å²) in [5, 5.41) is 14.2. The van der Waals surface area contributed by atoms with Gasteiger partial charge in [0.1, 0.15) is 17.8 Å². The van der Waals surface area contributed by atoms with Crippen molar-refractivity contribution in [3.8, 4) is 5.75 Å². The van der Waals surface area contributed by atoms with Crippen molar-refractivity contribution in [2.75, 3.05) is 6.61 Å². The Hall–Kier alpha value is -4.21. The number of rotatable bonds is 8. The maximum Gasteiger partial charge on any atom is 0.326 e. The highest BCUT2D eigenvalue weighted by molar-refractivity contribution is 6.05. The average molecular weight is 465 g/mol. The van der Waals surface area contributed by atoms with Crippen molar-refractivity contribution in [1.29, 1.82) is 0 Å². The number of ether oxygens (including phenoxy) is 1. The number of aliphatic carboxylic acids is 1. The molecule has 2 atom stereocenters. The number of carboxylic acid groups (broad SMARTS) is 1. The Morgan fingerprint density at radius 1 is 1.12 bits per heavy atom. The van der Waals surface area contributed by atoms with E-state index in [0.29, 0.717) is 16.9 Å². The predicted molar refractivity (Wildman–Crippen MR) is 118 cm³/mol. The minimum atomic E-state index is -1.16. The molecule has 1 unspecified atom stereocenters. The van der Waals surface area contributed by atoms with Gasteiger partial charge in [0.05, 0.1) is 6.54 Å². The first-order valence-corrected chi connectivity index (χ1v) is 10.8. The van der Waals surface area contributed by atoms with Crippen molar-refractivity contribution in [2.45, 2.75) is 37.9 Å². The molecular weight excluding hydrogens is 442 g/mol. The first kappa shape index (κ1) is 23.0. The van der Waals surface area contributed by atoms with Crippen LogP contribution in [0.2, 0.25) is 0 Å². The summed E-state index contributed by atoms with van der Waals surface area (Å²) in [5.41, 5.74) is 1.66. The number of benzene rings is 2. The largest absolute Gasteiger partial charge is 0.483 e. The molecule has 3 N–H and O–H groups in total. The number of hydrogen-bond donors (Lipinski definition) is 3. The van der Waals surface area contributed by atoms with Gasteiger partial charge >= 0.3 is 5.97 Å². The van der Waals surface area contributed by atoms with Crippen LogP contribution in [-0.2, 0) is 32.1 Å². The lowest BCUT2D eigenvalue weighted by Crippen LogP contribution is -2.52. The lowest BCUT2D eigenvalue weighted by molar-refractivity contribution is -0.142. The third-order valence-corrected chi connectivity index (χ3v) is 5.81. The Bertz CT molecular complexity index is 1150. The molecule has 2 heterocycles. The van der Waals surface area contributed by atoms with Crippen molar-refractivity contribution < 1.29 is 33.8 Å². The van der Waals surface area contributed by atoms with Crippen LogP contribution < -0.4 is 15.4 Å². The minimum Gasteiger partial charge on any atom is -0.483 e. The quantitative estimate of drug-likeness (QED) is 0.486. The number of nitrogens with one attached hydrogen (secondary N) is 2. The SMILES string of the molecule is O=C1CCC(N2Cc3c(OCC(=O)N[C@H](Cc4ccccc4)C(=O)O)cccc3C2=O)C(=O)N1. The maximum atomic E-state index is 12.9. The van der Waals surface area contributed by atoms with Crippen LogP contribution in [0.5, 0.6) is 5.75 Å². The molecule has 4 rings (SSSR count). The number of piperidine rings is 1. The molecule has 0 radical (unpaired) electrons. The molecule has 1 fully saturated rings. The third-order valence-electron chi connectivity index (χ3n) is 5.81. The fourth-order valence-corrected chi connectivity index (χ4v) is 4.12. The van der Waals surface area contributed by atoms with Gasteiger partial charge in [-0.05, 0) is 24.1 Å². The molecule has 2 aliphatic rings. The van der Waals surface area contributed by atoms with Crippen molar-refractivity contribution in [3.05, 3.63) is 65.2 Å². The van der Waals surface area contributed by atoms with E-state index in [-0.39, 0.29) is 37.6 Å². The number of fused-ring (bicyclic) bond motifs is 1. The van der Waals surface area contributed by atoms with Gasteiger partial charge in [0, 0.05) is 24.0 Å². The highest BCUT2D eigenvalue weighted by Gasteiger charge is 2.40. The number of carboxylic acids is 1. The molecule has 0 spiro atoms. The highest BCUT2D eigenvalue weighted by Crippen LogP contribution is 2.33. The zero-order valence-electron chi connectivity index (χ0n) is 18.2. The van der Waals surface area contributed by atoms with Gasteiger partial charge in [-0.1, -0.05) is 36.4 Å². The van der Waals surface area contributed by atoms with E-state index in [9.17, 15) is 29.1 Å². The molecule has 0 aromatic heterocycles. The minimum absolute atomic E-state index is 0.101. The van der Waals surface area contributed by atoms with E-state index in [4.69, 9.17) is 4.74 Å². The highest BCUT2D eigenvalue weighted by atomic mass is 16.5. The van der Waals surface area contributed by atoms with Gasteiger partial charge in [0.25, 0.3) is 11.8 Å². The van der Waals surface area contributed by atoms with Crippen LogP contribution in [0.1, 0.15) is 34.3 Å². The molecule has 0 bridgehead atoms. The molecule has 176 valence electrons. The second-order valence-corrected chi connectivity index (χ2v) is 8.12. The number of nitrogens with zero attached hydrogens (tertiary/aromatic N) is 1. The Morgan fingerprint density at radius 2 is 1.88 bits per heavy atom. The maximum absolute atomic E-state index is 12.9. The summed E-state index contributed by atoms with van der Waals surface area (Å²) in [6.45, 7) is -0.342. The molecule has 1 saturated heterocycles. The summed E-state index contributed by atoms with van der Waals surface area (Å²) in [4.78, 5) is 61.9. The van der Waals surface area contributed by atoms with Crippen LogP contribution in [0.4, 0.5) is 0 Å². The fourth-order valence-electron chi connectivity index (χ4n) is 4.12. The third kappa shape index (κ3) is 4.90. The van der Waals surface area contributed by atoms with Gasteiger partial charge in [0.2, 0.25) is 11.8 Å². The number of amides is 4. The summed E-state index contributed by atoms with van der Waals surface area (Å²) in [5.74, 6) is -2.72. The zero-order chi connectivity index (χ0) is 24.2. The second-order valence-electron chi connectivity index (χ2n) is 8.12. The van der Waals surface area contributed by atoms with Gasteiger partial charge in [-0.3, -0.25) is 24.5 Å². The number of carbonyl (C=O) groups excluding carboxylic acids is 4. The molecule has 4 amide bonds. The first-order valence-electron chi connectivity index (χ1n) is 10.8. The predicted octanol–water partition coefficient (Wildman–Crippen LogP) is 0.638. The summed E-state index contributed by atoms with van der Waals surface area (Å²) < 4.78 is 5.63. The van der Waals surface area contributed by atoms with E-state index in [0.717, 1.165) is 5.56 Å². The number of carbonyl (C=O) groups is 5. The molecule has 0 saturated carbocycles. The van der Waals surface area contributed by atoms with E-state index >= 15 is 0 Å². The van der Waals surface area contributed by atoms with Crippen molar-refractivity contribution in [3.63, 3.8) is 0 Å². The van der Waals surface area contributed by atoms with Crippen LogP contribution in [0.25, 0.3) is 0 Å². The summed E-state index contributed by atoms with van der Waals surface area (Å²) >= 11 is 0.